The molecule has 0 bridgehead atoms. The third-order valence-corrected chi connectivity index (χ3v) is 2.71. The highest BCUT2D eigenvalue weighted by atomic mass is 16.3. The highest BCUT2D eigenvalue weighted by Crippen LogP contribution is 2.21. The minimum Gasteiger partial charge on any atom is -0.393 e. The average Bonchev–Trinajstić information content (AvgIpc) is 2.04. The molecule has 0 saturated heterocycles. The summed E-state index contributed by atoms with van der Waals surface area (Å²) in [7, 11) is 0. The van der Waals surface area contributed by atoms with Crippen molar-refractivity contribution in [3.05, 3.63) is 0 Å². The zero-order valence-electron chi connectivity index (χ0n) is 9.71. The van der Waals surface area contributed by atoms with Crippen molar-refractivity contribution in [1.29, 1.82) is 0 Å². The average molecular weight is 186 g/mol. The molecular weight excluding hydrogens is 160 g/mol. The Kier molecular flexibility index (Phi) is 7.35. The van der Waals surface area contributed by atoms with Crippen LogP contribution in [0.5, 0.6) is 0 Å². The summed E-state index contributed by atoms with van der Waals surface area (Å²) >= 11 is 0. The lowest BCUT2D eigenvalue weighted by Gasteiger charge is -2.22. The monoisotopic (exact) mass is 186 g/mol. The summed E-state index contributed by atoms with van der Waals surface area (Å²) in [4.78, 5) is 0. The lowest BCUT2D eigenvalue weighted by molar-refractivity contribution is 0.0785. The van der Waals surface area contributed by atoms with E-state index in [4.69, 9.17) is 0 Å². The second-order valence-corrected chi connectivity index (χ2v) is 4.51. The number of hydrogen-bond acceptors (Lipinski definition) is 1. The van der Waals surface area contributed by atoms with Gasteiger partial charge in [-0.2, -0.15) is 0 Å². The first-order chi connectivity index (χ1) is 6.11. The largest absolute Gasteiger partial charge is 0.393 e. The molecule has 0 radical (unpaired) electrons. The van der Waals surface area contributed by atoms with E-state index in [2.05, 4.69) is 27.7 Å². The maximum absolute atomic E-state index is 9.91. The summed E-state index contributed by atoms with van der Waals surface area (Å²) in [5.74, 6) is 1.15. The summed E-state index contributed by atoms with van der Waals surface area (Å²) in [6.07, 6.45) is 5.70. The molecule has 0 aliphatic carbocycles. The zero-order chi connectivity index (χ0) is 10.3. The van der Waals surface area contributed by atoms with Gasteiger partial charge in [-0.3, -0.25) is 0 Å². The molecule has 0 aromatic heterocycles. The quantitative estimate of drug-likeness (QED) is 0.644. The SMILES string of the molecule is CCCCC(CC)C(O)CC(C)C. The fourth-order valence-electron chi connectivity index (χ4n) is 1.81. The van der Waals surface area contributed by atoms with E-state index in [0.29, 0.717) is 11.8 Å². The Morgan fingerprint density at radius 2 is 1.77 bits per heavy atom. The van der Waals surface area contributed by atoms with Crippen molar-refractivity contribution in [1.82, 2.24) is 0 Å². The Labute approximate surface area is 83.5 Å². The van der Waals surface area contributed by atoms with Gasteiger partial charge in [0.05, 0.1) is 6.10 Å². The first-order valence-corrected chi connectivity index (χ1v) is 5.79. The van der Waals surface area contributed by atoms with Crippen LogP contribution in [0.2, 0.25) is 0 Å². The molecule has 80 valence electrons. The molecule has 1 nitrogen and oxygen atoms in total. The molecule has 0 aromatic carbocycles. The van der Waals surface area contributed by atoms with Crippen LogP contribution in [0.15, 0.2) is 0 Å². The van der Waals surface area contributed by atoms with Crippen molar-refractivity contribution in [3.63, 3.8) is 0 Å². The van der Waals surface area contributed by atoms with Crippen LogP contribution in [0.25, 0.3) is 0 Å². The van der Waals surface area contributed by atoms with Crippen molar-refractivity contribution in [2.45, 2.75) is 65.9 Å². The highest BCUT2D eigenvalue weighted by Gasteiger charge is 2.17. The Bertz CT molecular complexity index is 110. The van der Waals surface area contributed by atoms with E-state index in [1.165, 1.54) is 19.3 Å². The maximum Gasteiger partial charge on any atom is 0.0570 e. The van der Waals surface area contributed by atoms with Gasteiger partial charge in [0, 0.05) is 0 Å². The van der Waals surface area contributed by atoms with Gasteiger partial charge >= 0.3 is 0 Å². The van der Waals surface area contributed by atoms with Gasteiger partial charge < -0.3 is 5.11 Å². The van der Waals surface area contributed by atoms with Gasteiger partial charge in [0.2, 0.25) is 0 Å². The van der Waals surface area contributed by atoms with Gasteiger partial charge in [-0.15, -0.1) is 0 Å². The van der Waals surface area contributed by atoms with Crippen LogP contribution in [0, 0.1) is 11.8 Å². The molecule has 0 aliphatic heterocycles. The predicted octanol–water partition coefficient (Wildman–Crippen LogP) is 3.61. The van der Waals surface area contributed by atoms with Gasteiger partial charge in [-0.1, -0.05) is 47.0 Å². The summed E-state index contributed by atoms with van der Waals surface area (Å²) < 4.78 is 0. The van der Waals surface area contributed by atoms with Crippen LogP contribution >= 0.6 is 0 Å². The molecule has 0 amide bonds. The third-order valence-electron chi connectivity index (χ3n) is 2.71. The zero-order valence-corrected chi connectivity index (χ0v) is 9.71. The van der Waals surface area contributed by atoms with Gasteiger partial charge in [0.1, 0.15) is 0 Å². The fraction of sp³-hybridized carbons (Fsp3) is 1.00. The van der Waals surface area contributed by atoms with Crippen LogP contribution in [0.3, 0.4) is 0 Å². The second-order valence-electron chi connectivity index (χ2n) is 4.51. The molecular formula is C12H26O. The van der Waals surface area contributed by atoms with Crippen LogP contribution in [-0.2, 0) is 0 Å². The molecule has 0 saturated carbocycles. The molecule has 13 heavy (non-hydrogen) atoms. The molecule has 0 fully saturated rings. The van der Waals surface area contributed by atoms with E-state index in [1.54, 1.807) is 0 Å². The Morgan fingerprint density at radius 3 is 2.15 bits per heavy atom. The Hall–Kier alpha value is -0.0400. The first kappa shape index (κ1) is 13.0. The van der Waals surface area contributed by atoms with Crippen molar-refractivity contribution in [2.75, 3.05) is 0 Å². The molecule has 0 aromatic rings. The van der Waals surface area contributed by atoms with Crippen LogP contribution in [0.1, 0.15) is 59.8 Å². The van der Waals surface area contributed by atoms with E-state index in [-0.39, 0.29) is 6.10 Å². The standard InChI is InChI=1S/C12H26O/c1-5-7-8-11(6-2)12(13)9-10(3)4/h10-13H,5-9H2,1-4H3. The number of rotatable bonds is 7. The minimum atomic E-state index is -0.0726. The molecule has 1 heteroatoms. The van der Waals surface area contributed by atoms with Crippen molar-refractivity contribution in [2.24, 2.45) is 11.8 Å². The highest BCUT2D eigenvalue weighted by molar-refractivity contribution is 4.68. The molecule has 0 spiro atoms. The normalized spacial score (nSPS) is 16.2. The molecule has 0 heterocycles. The smallest absolute Gasteiger partial charge is 0.0570 e. The number of hydrogen-bond donors (Lipinski definition) is 1. The van der Waals surface area contributed by atoms with E-state index >= 15 is 0 Å². The number of unbranched alkanes of at least 4 members (excludes halogenated alkanes) is 1. The molecule has 0 rings (SSSR count). The van der Waals surface area contributed by atoms with Gasteiger partial charge in [0.25, 0.3) is 0 Å². The Morgan fingerprint density at radius 1 is 1.15 bits per heavy atom. The summed E-state index contributed by atoms with van der Waals surface area (Å²) in [5.41, 5.74) is 0. The van der Waals surface area contributed by atoms with E-state index in [9.17, 15) is 5.11 Å². The van der Waals surface area contributed by atoms with Gasteiger partial charge in [-0.05, 0) is 24.7 Å². The van der Waals surface area contributed by atoms with Gasteiger partial charge in [0.15, 0.2) is 0 Å². The molecule has 2 unspecified atom stereocenters. The second kappa shape index (κ2) is 7.37. The number of aliphatic hydroxyl groups is 1. The van der Waals surface area contributed by atoms with Crippen LogP contribution < -0.4 is 0 Å². The lowest BCUT2D eigenvalue weighted by atomic mass is 9.89. The number of aliphatic hydroxyl groups excluding tert-OH is 1. The summed E-state index contributed by atoms with van der Waals surface area (Å²) in [6, 6.07) is 0. The van der Waals surface area contributed by atoms with Crippen molar-refractivity contribution < 1.29 is 5.11 Å². The fourth-order valence-corrected chi connectivity index (χ4v) is 1.81. The molecule has 0 aliphatic rings. The Balaban J connectivity index is 3.77. The maximum atomic E-state index is 9.91. The summed E-state index contributed by atoms with van der Waals surface area (Å²) in [5, 5.41) is 9.91. The molecule has 2 atom stereocenters. The van der Waals surface area contributed by atoms with Crippen molar-refractivity contribution >= 4 is 0 Å². The minimum absolute atomic E-state index is 0.0726. The van der Waals surface area contributed by atoms with Crippen LogP contribution in [0.4, 0.5) is 0 Å². The lowest BCUT2D eigenvalue weighted by Crippen LogP contribution is -2.21. The van der Waals surface area contributed by atoms with E-state index in [1.807, 2.05) is 0 Å². The van der Waals surface area contributed by atoms with E-state index < -0.39 is 0 Å². The first-order valence-electron chi connectivity index (χ1n) is 5.79. The van der Waals surface area contributed by atoms with E-state index in [0.717, 1.165) is 12.8 Å². The third kappa shape index (κ3) is 6.09. The van der Waals surface area contributed by atoms with Crippen molar-refractivity contribution in [3.8, 4) is 0 Å². The predicted molar refractivity (Wildman–Crippen MR) is 58.8 cm³/mol. The topological polar surface area (TPSA) is 20.2 Å². The van der Waals surface area contributed by atoms with Gasteiger partial charge in [-0.25, -0.2) is 0 Å². The summed E-state index contributed by atoms with van der Waals surface area (Å²) in [6.45, 7) is 8.75. The molecule has 1 N–H and O–H groups in total. The van der Waals surface area contributed by atoms with Crippen LogP contribution in [-0.4, -0.2) is 11.2 Å².